The van der Waals surface area contributed by atoms with Gasteiger partial charge in [0.2, 0.25) is 11.8 Å². The number of carbonyl (C=O) groups is 2. The number of benzene rings is 1. The second-order valence-corrected chi connectivity index (χ2v) is 8.17. The number of nitrogens with two attached hydrogens (primary N) is 1. The number of piperidine rings is 1. The van der Waals surface area contributed by atoms with Gasteiger partial charge < -0.3 is 10.6 Å². The van der Waals surface area contributed by atoms with Crippen LogP contribution in [-0.2, 0) is 16.0 Å². The van der Waals surface area contributed by atoms with Crippen molar-refractivity contribution in [1.29, 1.82) is 0 Å². The molecule has 2 aliphatic rings. The Balaban J connectivity index is 1.62. The summed E-state index contributed by atoms with van der Waals surface area (Å²) in [5.41, 5.74) is 7.21. The number of rotatable bonds is 5. The van der Waals surface area contributed by atoms with E-state index in [9.17, 15) is 9.59 Å². The topological polar surface area (TPSA) is 66.6 Å². The fourth-order valence-corrected chi connectivity index (χ4v) is 4.29. The molecule has 2 fully saturated rings. The standard InChI is InChI=1S/C20H25Cl2N3O2/c21-17-5-4-14(9-18(17)22)11-20(27)25-7-2-1-3-16(25)13-24-8-6-15(12-24)10-19(23)26/h4-5,9-10,16H,1-3,6-8,11-13H2,(H2,23,26)/b15-10-. The Morgan fingerprint density at radius 1 is 1.19 bits per heavy atom. The van der Waals surface area contributed by atoms with Crippen molar-refractivity contribution >= 4 is 35.0 Å². The van der Waals surface area contributed by atoms with Crippen LogP contribution in [0.5, 0.6) is 0 Å². The van der Waals surface area contributed by atoms with Gasteiger partial charge in [-0.25, -0.2) is 0 Å². The van der Waals surface area contributed by atoms with Crippen LogP contribution < -0.4 is 5.73 Å². The van der Waals surface area contributed by atoms with E-state index in [-0.39, 0.29) is 17.9 Å². The van der Waals surface area contributed by atoms with Crippen LogP contribution in [0.3, 0.4) is 0 Å². The van der Waals surface area contributed by atoms with E-state index in [4.69, 9.17) is 28.9 Å². The zero-order chi connectivity index (χ0) is 19.4. The quantitative estimate of drug-likeness (QED) is 0.759. The van der Waals surface area contributed by atoms with E-state index in [1.54, 1.807) is 12.1 Å². The van der Waals surface area contributed by atoms with E-state index >= 15 is 0 Å². The number of halogens is 2. The average molecular weight is 410 g/mol. The molecule has 27 heavy (non-hydrogen) atoms. The molecule has 0 aromatic heterocycles. The molecule has 0 saturated carbocycles. The van der Waals surface area contributed by atoms with E-state index in [2.05, 4.69) is 4.90 Å². The van der Waals surface area contributed by atoms with Crippen molar-refractivity contribution in [2.24, 2.45) is 5.73 Å². The largest absolute Gasteiger partial charge is 0.366 e. The normalized spacial score (nSPS) is 22.4. The maximum Gasteiger partial charge on any atom is 0.241 e. The summed E-state index contributed by atoms with van der Waals surface area (Å²) >= 11 is 12.0. The lowest BCUT2D eigenvalue weighted by Gasteiger charge is -2.38. The minimum atomic E-state index is -0.386. The molecule has 2 amide bonds. The summed E-state index contributed by atoms with van der Waals surface area (Å²) in [6, 6.07) is 5.56. The lowest BCUT2D eigenvalue weighted by Crippen LogP contribution is -2.49. The van der Waals surface area contributed by atoms with Crippen molar-refractivity contribution in [3.8, 4) is 0 Å². The molecule has 1 aromatic rings. The van der Waals surface area contributed by atoms with E-state index in [0.29, 0.717) is 16.5 Å². The lowest BCUT2D eigenvalue weighted by molar-refractivity contribution is -0.134. The fourth-order valence-electron chi connectivity index (χ4n) is 3.96. The van der Waals surface area contributed by atoms with E-state index in [1.807, 2.05) is 11.0 Å². The molecule has 5 nitrogen and oxygen atoms in total. The maximum atomic E-state index is 12.9. The van der Waals surface area contributed by atoms with Crippen LogP contribution in [0.4, 0.5) is 0 Å². The lowest BCUT2D eigenvalue weighted by atomic mass is 10.00. The molecule has 2 aliphatic heterocycles. The zero-order valence-electron chi connectivity index (χ0n) is 15.3. The molecule has 0 spiro atoms. The molecule has 2 N–H and O–H groups in total. The maximum absolute atomic E-state index is 12.9. The third-order valence-electron chi connectivity index (χ3n) is 5.28. The smallest absolute Gasteiger partial charge is 0.241 e. The van der Waals surface area contributed by atoms with Gasteiger partial charge in [0.05, 0.1) is 16.5 Å². The molecular formula is C20H25Cl2N3O2. The first-order valence-electron chi connectivity index (χ1n) is 9.37. The highest BCUT2D eigenvalue weighted by molar-refractivity contribution is 6.42. The summed E-state index contributed by atoms with van der Waals surface area (Å²) in [4.78, 5) is 28.3. The summed E-state index contributed by atoms with van der Waals surface area (Å²) < 4.78 is 0. The van der Waals surface area contributed by atoms with E-state index < -0.39 is 0 Å². The Bertz CT molecular complexity index is 751. The van der Waals surface area contributed by atoms with Crippen LogP contribution in [0.25, 0.3) is 0 Å². The number of hydrogen-bond acceptors (Lipinski definition) is 3. The average Bonchev–Trinajstić information content (AvgIpc) is 3.04. The highest BCUT2D eigenvalue weighted by Gasteiger charge is 2.29. The van der Waals surface area contributed by atoms with Crippen LogP contribution in [0, 0.1) is 0 Å². The Morgan fingerprint density at radius 3 is 2.74 bits per heavy atom. The van der Waals surface area contributed by atoms with Crippen molar-refractivity contribution in [3.63, 3.8) is 0 Å². The van der Waals surface area contributed by atoms with Gasteiger partial charge in [-0.3, -0.25) is 14.5 Å². The zero-order valence-corrected chi connectivity index (χ0v) is 16.8. The molecule has 146 valence electrons. The first kappa shape index (κ1) is 20.2. The van der Waals surface area contributed by atoms with E-state index in [0.717, 1.165) is 63.0 Å². The predicted molar refractivity (Wildman–Crippen MR) is 108 cm³/mol. The van der Waals surface area contributed by atoms with Crippen LogP contribution in [-0.4, -0.2) is 53.8 Å². The molecule has 2 heterocycles. The van der Waals surface area contributed by atoms with Gasteiger partial charge in [0.25, 0.3) is 0 Å². The second-order valence-electron chi connectivity index (χ2n) is 7.35. The van der Waals surface area contributed by atoms with Gasteiger partial charge in [-0.2, -0.15) is 0 Å². The summed E-state index contributed by atoms with van der Waals surface area (Å²) in [6.07, 6.45) is 5.93. The first-order chi connectivity index (χ1) is 12.9. The molecule has 2 saturated heterocycles. The monoisotopic (exact) mass is 409 g/mol. The fraction of sp³-hybridized carbons (Fsp3) is 0.500. The summed E-state index contributed by atoms with van der Waals surface area (Å²) in [6.45, 7) is 3.30. The molecule has 1 aromatic carbocycles. The summed E-state index contributed by atoms with van der Waals surface area (Å²) in [7, 11) is 0. The van der Waals surface area contributed by atoms with Crippen molar-refractivity contribution in [3.05, 3.63) is 45.5 Å². The van der Waals surface area contributed by atoms with Gasteiger partial charge in [0, 0.05) is 38.3 Å². The Morgan fingerprint density at radius 2 is 2.00 bits per heavy atom. The highest BCUT2D eigenvalue weighted by atomic mass is 35.5. The summed E-state index contributed by atoms with van der Waals surface area (Å²) in [5, 5.41) is 0.973. The number of amides is 2. The van der Waals surface area contributed by atoms with E-state index in [1.165, 1.54) is 6.08 Å². The minimum absolute atomic E-state index is 0.130. The number of nitrogens with zero attached hydrogens (tertiary/aromatic N) is 2. The number of carbonyl (C=O) groups excluding carboxylic acids is 2. The van der Waals surface area contributed by atoms with Gasteiger partial charge in [-0.15, -0.1) is 0 Å². The predicted octanol–water partition coefficient (Wildman–Crippen LogP) is 3.03. The SMILES string of the molecule is NC(=O)/C=C1/CCN(CC2CCCCN2C(=O)Cc2ccc(Cl)c(Cl)c2)C1. The second kappa shape index (κ2) is 9.09. The minimum Gasteiger partial charge on any atom is -0.366 e. The number of primary amides is 1. The Hall–Kier alpha value is -1.56. The number of hydrogen-bond donors (Lipinski definition) is 1. The van der Waals surface area contributed by atoms with Crippen molar-refractivity contribution in [2.45, 2.75) is 38.1 Å². The highest BCUT2D eigenvalue weighted by Crippen LogP contribution is 2.25. The Kier molecular flexibility index (Phi) is 6.79. The Labute approximate surface area is 170 Å². The molecule has 0 bridgehead atoms. The molecule has 0 radical (unpaired) electrons. The van der Waals surface area contributed by atoms with Crippen molar-refractivity contribution in [2.75, 3.05) is 26.2 Å². The molecule has 1 unspecified atom stereocenters. The van der Waals surface area contributed by atoms with Crippen LogP contribution in [0.15, 0.2) is 29.8 Å². The third kappa shape index (κ3) is 5.47. The van der Waals surface area contributed by atoms with Gasteiger partial charge in [-0.05, 0) is 49.0 Å². The molecule has 7 heteroatoms. The van der Waals surface area contributed by atoms with Crippen molar-refractivity contribution < 1.29 is 9.59 Å². The number of likely N-dealkylation sites (tertiary alicyclic amines) is 2. The van der Waals surface area contributed by atoms with Gasteiger partial charge in [0.1, 0.15) is 0 Å². The van der Waals surface area contributed by atoms with Gasteiger partial charge in [-0.1, -0.05) is 29.3 Å². The van der Waals surface area contributed by atoms with Crippen LogP contribution in [0.2, 0.25) is 10.0 Å². The first-order valence-corrected chi connectivity index (χ1v) is 10.1. The summed E-state index contributed by atoms with van der Waals surface area (Å²) in [5.74, 6) is -0.256. The molecule has 0 aliphatic carbocycles. The third-order valence-corrected chi connectivity index (χ3v) is 6.02. The molecule has 1 atom stereocenters. The molecular weight excluding hydrogens is 385 g/mol. The van der Waals surface area contributed by atoms with Crippen LogP contribution in [0.1, 0.15) is 31.2 Å². The van der Waals surface area contributed by atoms with Gasteiger partial charge >= 0.3 is 0 Å². The van der Waals surface area contributed by atoms with Gasteiger partial charge in [0.15, 0.2) is 0 Å². The van der Waals surface area contributed by atoms with Crippen LogP contribution >= 0.6 is 23.2 Å². The molecule has 3 rings (SSSR count). The van der Waals surface area contributed by atoms with Crippen molar-refractivity contribution in [1.82, 2.24) is 9.80 Å².